The van der Waals surface area contributed by atoms with Gasteiger partial charge in [0.05, 0.1) is 17.0 Å². The molecule has 1 N–H and O–H groups in total. The van der Waals surface area contributed by atoms with E-state index in [1.165, 1.54) is 18.5 Å². The van der Waals surface area contributed by atoms with Crippen LogP contribution in [-0.2, 0) is 0 Å². The fourth-order valence-corrected chi connectivity index (χ4v) is 1.09. The van der Waals surface area contributed by atoms with Crippen molar-refractivity contribution in [2.75, 3.05) is 0 Å². The fourth-order valence-electron chi connectivity index (χ4n) is 1.09. The van der Waals surface area contributed by atoms with E-state index in [0.29, 0.717) is 23.2 Å². The lowest BCUT2D eigenvalue weighted by molar-refractivity contribution is 0.112. The third-order valence-electron chi connectivity index (χ3n) is 1.64. The Balaban J connectivity index is 0.000000845. The summed E-state index contributed by atoms with van der Waals surface area (Å²) in [5.41, 5.74) is 1.49. The molecule has 0 atom stereocenters. The van der Waals surface area contributed by atoms with E-state index in [1.807, 2.05) is 0 Å². The van der Waals surface area contributed by atoms with E-state index in [4.69, 9.17) is 0 Å². The van der Waals surface area contributed by atoms with Crippen LogP contribution in [0.15, 0.2) is 18.5 Å². The number of pyridine rings is 1. The maximum Gasteiger partial charge on any atom is 0.153 e. The average molecular weight is 237 g/mol. The number of aromatic nitrogens is 2. The van der Waals surface area contributed by atoms with E-state index in [1.54, 1.807) is 0 Å². The molecule has 0 saturated heterocycles. The number of H-pyrrole nitrogens is 1. The highest BCUT2D eigenvalue weighted by Gasteiger charge is 2.10. The standard InChI is InChI=1S/C8H5FN2O.2ClH/c9-6-1-7-8(11-3-6)5(4-12)2-10-7;;/h1-4,11H;2*1H. The molecular weight excluding hydrogens is 230 g/mol. The Labute approximate surface area is 91.9 Å². The molecule has 0 aromatic carbocycles. The van der Waals surface area contributed by atoms with E-state index in [2.05, 4.69) is 9.97 Å². The van der Waals surface area contributed by atoms with E-state index in [9.17, 15) is 9.18 Å². The number of carbonyl (C=O) groups excluding carboxylic acids is 1. The van der Waals surface area contributed by atoms with Crippen LogP contribution in [0.1, 0.15) is 10.4 Å². The number of nitrogens with one attached hydrogen (secondary N) is 1. The first-order valence-electron chi connectivity index (χ1n) is 3.39. The van der Waals surface area contributed by atoms with Gasteiger partial charge in [-0.25, -0.2) is 4.39 Å². The minimum Gasteiger partial charge on any atom is -0.357 e. The molecule has 76 valence electrons. The second-order valence-corrected chi connectivity index (χ2v) is 2.41. The molecule has 0 aliphatic carbocycles. The minimum absolute atomic E-state index is 0. The van der Waals surface area contributed by atoms with Crippen LogP contribution in [0.2, 0.25) is 0 Å². The van der Waals surface area contributed by atoms with Gasteiger partial charge in [-0.2, -0.15) is 0 Å². The lowest BCUT2D eigenvalue weighted by Gasteiger charge is -1.97. The van der Waals surface area contributed by atoms with Crippen LogP contribution in [0.4, 0.5) is 4.39 Å². The van der Waals surface area contributed by atoms with Crippen molar-refractivity contribution in [3.05, 3.63) is 29.8 Å². The van der Waals surface area contributed by atoms with Crippen molar-refractivity contribution in [2.24, 2.45) is 0 Å². The maximum absolute atomic E-state index is 12.6. The van der Waals surface area contributed by atoms with Gasteiger partial charge in [0.15, 0.2) is 6.29 Å². The number of carbonyl (C=O) groups is 1. The Morgan fingerprint density at radius 1 is 1.43 bits per heavy atom. The van der Waals surface area contributed by atoms with Gasteiger partial charge in [-0.15, -0.1) is 24.8 Å². The molecule has 0 aromatic heterocycles. The van der Waals surface area contributed by atoms with Gasteiger partial charge >= 0.3 is 0 Å². The molecule has 0 bridgehead atoms. The Morgan fingerprint density at radius 2 is 2.14 bits per heavy atom. The molecule has 2 heterocycles. The third kappa shape index (κ3) is 2.02. The first-order chi connectivity index (χ1) is 5.81. The molecule has 3 nitrogen and oxygen atoms in total. The number of aldehydes is 1. The topological polar surface area (TPSA) is 45.8 Å². The molecule has 0 aromatic rings. The summed E-state index contributed by atoms with van der Waals surface area (Å²) in [5.74, 6) is -0.391. The maximum atomic E-state index is 12.6. The van der Waals surface area contributed by atoms with Crippen molar-refractivity contribution in [3.63, 3.8) is 0 Å². The predicted octanol–water partition coefficient (Wildman–Crippen LogP) is 2.31. The Hall–Kier alpha value is -1.13. The largest absolute Gasteiger partial charge is 0.357 e. The summed E-state index contributed by atoms with van der Waals surface area (Å²) in [6.45, 7) is 0. The Kier molecular flexibility index (Phi) is 4.53. The van der Waals surface area contributed by atoms with Crippen LogP contribution >= 0.6 is 24.8 Å². The molecule has 6 heteroatoms. The molecule has 14 heavy (non-hydrogen) atoms. The van der Waals surface area contributed by atoms with Crippen LogP contribution in [0.3, 0.4) is 0 Å². The van der Waals surface area contributed by atoms with Crippen LogP contribution in [0.5, 0.6) is 0 Å². The smallest absolute Gasteiger partial charge is 0.153 e. The summed E-state index contributed by atoms with van der Waals surface area (Å²) in [7, 11) is 0. The number of halogens is 3. The molecule has 0 spiro atoms. The van der Waals surface area contributed by atoms with Crippen molar-refractivity contribution in [1.29, 1.82) is 0 Å². The van der Waals surface area contributed by atoms with E-state index in [0.717, 1.165) is 0 Å². The van der Waals surface area contributed by atoms with E-state index < -0.39 is 5.82 Å². The van der Waals surface area contributed by atoms with Gasteiger partial charge in [0.2, 0.25) is 0 Å². The number of hydrogen-bond acceptors (Lipinski definition) is 2. The summed E-state index contributed by atoms with van der Waals surface area (Å²) in [6.07, 6.45) is 3.29. The third-order valence-corrected chi connectivity index (χ3v) is 1.64. The molecule has 0 unspecified atom stereocenters. The molecule has 0 fully saturated rings. The number of fused-ring (bicyclic) bond motifs is 1. The predicted molar refractivity (Wildman–Crippen MR) is 55.1 cm³/mol. The molecule has 2 aliphatic rings. The second kappa shape index (κ2) is 4.93. The van der Waals surface area contributed by atoms with Gasteiger partial charge in [-0.3, -0.25) is 9.78 Å². The normalized spacial score (nSPS) is 8.93. The first-order valence-corrected chi connectivity index (χ1v) is 3.39. The number of hydrogen-bond donors (Lipinski definition) is 1. The summed E-state index contributed by atoms with van der Waals surface area (Å²) in [6, 6.07) is 1.28. The molecule has 0 radical (unpaired) electrons. The second-order valence-electron chi connectivity index (χ2n) is 2.41. The molecule has 2 aliphatic heterocycles. The highest BCUT2D eigenvalue weighted by molar-refractivity contribution is 5.86. The first kappa shape index (κ1) is 12.9. The van der Waals surface area contributed by atoms with E-state index in [-0.39, 0.29) is 24.8 Å². The van der Waals surface area contributed by atoms with Crippen molar-refractivity contribution in [2.45, 2.75) is 0 Å². The quantitative estimate of drug-likeness (QED) is 0.773. The summed E-state index contributed by atoms with van der Waals surface area (Å²) in [5, 5.41) is 0. The van der Waals surface area contributed by atoms with Gasteiger partial charge in [0.1, 0.15) is 5.82 Å². The van der Waals surface area contributed by atoms with Crippen LogP contribution < -0.4 is 0 Å². The SMILES string of the molecule is Cl.Cl.O=Cc1cnc2cc(F)c[nH]c1-2. The fraction of sp³-hybridized carbons (Fsp3) is 0. The van der Waals surface area contributed by atoms with Gasteiger partial charge < -0.3 is 4.98 Å². The van der Waals surface area contributed by atoms with Crippen molar-refractivity contribution in [1.82, 2.24) is 9.97 Å². The van der Waals surface area contributed by atoms with Gasteiger partial charge in [0.25, 0.3) is 0 Å². The number of nitrogens with zero attached hydrogens (tertiary/aromatic N) is 1. The molecule has 0 saturated carbocycles. The van der Waals surface area contributed by atoms with E-state index >= 15 is 0 Å². The number of aromatic amines is 1. The molecular formula is C8H7Cl2FN2O. The molecule has 0 amide bonds. The van der Waals surface area contributed by atoms with Crippen LogP contribution in [-0.4, -0.2) is 16.3 Å². The summed E-state index contributed by atoms with van der Waals surface area (Å²) in [4.78, 5) is 16.9. The van der Waals surface area contributed by atoms with Crippen molar-refractivity contribution < 1.29 is 9.18 Å². The molecule has 2 rings (SSSR count). The van der Waals surface area contributed by atoms with Gasteiger partial charge in [-0.05, 0) is 0 Å². The highest BCUT2D eigenvalue weighted by Crippen LogP contribution is 2.21. The minimum atomic E-state index is -0.391. The van der Waals surface area contributed by atoms with Gasteiger partial charge in [-0.1, -0.05) is 0 Å². The Bertz CT molecular complexity index is 405. The lowest BCUT2D eigenvalue weighted by atomic mass is 10.2. The zero-order valence-electron chi connectivity index (χ0n) is 6.86. The summed E-state index contributed by atoms with van der Waals surface area (Å²) >= 11 is 0. The lowest BCUT2D eigenvalue weighted by Crippen LogP contribution is -1.87. The summed E-state index contributed by atoms with van der Waals surface area (Å²) < 4.78 is 12.6. The van der Waals surface area contributed by atoms with Crippen molar-refractivity contribution in [3.8, 4) is 11.4 Å². The van der Waals surface area contributed by atoms with Crippen LogP contribution in [0, 0.1) is 5.82 Å². The monoisotopic (exact) mass is 236 g/mol. The number of rotatable bonds is 1. The zero-order chi connectivity index (χ0) is 8.55. The van der Waals surface area contributed by atoms with Crippen molar-refractivity contribution >= 4 is 31.1 Å². The highest BCUT2D eigenvalue weighted by atomic mass is 35.5. The average Bonchev–Trinajstić information content (AvgIpc) is 2.46. The zero-order valence-corrected chi connectivity index (χ0v) is 8.49. The van der Waals surface area contributed by atoms with Gasteiger partial charge in [0, 0.05) is 18.5 Å². The Morgan fingerprint density at radius 3 is 2.79 bits per heavy atom. The van der Waals surface area contributed by atoms with Crippen LogP contribution in [0.25, 0.3) is 11.4 Å².